The topological polar surface area (TPSA) is 111 Å². The van der Waals surface area contributed by atoms with E-state index in [0.717, 1.165) is 11.3 Å². The quantitative estimate of drug-likeness (QED) is 0.295. The Morgan fingerprint density at radius 3 is 2.37 bits per heavy atom. The van der Waals surface area contributed by atoms with E-state index < -0.39 is 17.9 Å². The van der Waals surface area contributed by atoms with E-state index in [1.165, 1.54) is 0 Å². The third kappa shape index (κ3) is 5.99. The number of fused-ring (bicyclic) bond motifs is 1. The van der Waals surface area contributed by atoms with Gasteiger partial charge in [-0.2, -0.15) is 0 Å². The van der Waals surface area contributed by atoms with Crippen LogP contribution in [0.4, 0.5) is 11.4 Å². The van der Waals surface area contributed by atoms with Crippen LogP contribution in [0.2, 0.25) is 15.1 Å². The summed E-state index contributed by atoms with van der Waals surface area (Å²) in [5, 5.41) is 19.1. The number of carbonyl (C=O) groups excluding carboxylic acids is 2. The highest BCUT2D eigenvalue weighted by Crippen LogP contribution is 2.35. The Bertz CT molecular complexity index is 1380. The second-order valence-electron chi connectivity index (χ2n) is 8.71. The molecule has 1 aliphatic rings. The van der Waals surface area contributed by atoms with Crippen molar-refractivity contribution in [2.75, 3.05) is 30.8 Å². The lowest BCUT2D eigenvalue weighted by Gasteiger charge is -2.30. The van der Waals surface area contributed by atoms with Gasteiger partial charge in [0.2, 0.25) is 0 Å². The van der Waals surface area contributed by atoms with E-state index in [0.29, 0.717) is 34.8 Å². The molecule has 1 heterocycles. The minimum Gasteiger partial charge on any atom is -0.480 e. The zero-order chi connectivity index (χ0) is 27.4. The van der Waals surface area contributed by atoms with Crippen LogP contribution < -0.4 is 16.0 Å². The van der Waals surface area contributed by atoms with Crippen molar-refractivity contribution in [1.29, 1.82) is 0 Å². The Morgan fingerprint density at radius 2 is 1.71 bits per heavy atom. The molecule has 0 radical (unpaired) electrons. The zero-order valence-electron chi connectivity index (χ0n) is 20.4. The first-order valence-corrected chi connectivity index (χ1v) is 12.9. The SMILES string of the molecule is CNc1ccccc1NC[C@H](NC(=O)c1c(Cl)cc2c(c1Cl)CCN(C(=O)c1ccc(Cl)cc1)C2)C(=O)O. The van der Waals surface area contributed by atoms with Gasteiger partial charge >= 0.3 is 5.97 Å². The summed E-state index contributed by atoms with van der Waals surface area (Å²) >= 11 is 19.0. The first kappa shape index (κ1) is 27.6. The van der Waals surface area contributed by atoms with E-state index >= 15 is 0 Å². The zero-order valence-corrected chi connectivity index (χ0v) is 22.6. The highest BCUT2D eigenvalue weighted by molar-refractivity contribution is 6.40. The number of aliphatic carboxylic acids is 1. The highest BCUT2D eigenvalue weighted by Gasteiger charge is 2.29. The fraction of sp³-hybridized carbons (Fsp3) is 0.222. The number of hydrogen-bond donors (Lipinski definition) is 4. The van der Waals surface area contributed by atoms with Gasteiger partial charge in [-0.05, 0) is 60.0 Å². The molecule has 0 spiro atoms. The van der Waals surface area contributed by atoms with Crippen LogP contribution in [-0.4, -0.2) is 54.0 Å². The van der Waals surface area contributed by atoms with Crippen molar-refractivity contribution in [2.24, 2.45) is 0 Å². The molecule has 1 atom stereocenters. The first-order chi connectivity index (χ1) is 18.2. The van der Waals surface area contributed by atoms with Crippen LogP contribution in [-0.2, 0) is 17.8 Å². The first-order valence-electron chi connectivity index (χ1n) is 11.8. The summed E-state index contributed by atoms with van der Waals surface area (Å²) in [6, 6.07) is 14.3. The maximum absolute atomic E-state index is 13.1. The molecule has 0 saturated carbocycles. The van der Waals surface area contributed by atoms with Crippen LogP contribution in [0.1, 0.15) is 31.8 Å². The summed E-state index contributed by atoms with van der Waals surface area (Å²) in [6.45, 7) is 0.593. The largest absolute Gasteiger partial charge is 0.480 e. The standard InChI is InChI=1S/C27H25Cl3N4O4/c1-31-20-4-2-3-5-21(20)32-13-22(27(37)38)33-25(35)23-19(29)12-16-14-34(11-10-18(16)24(23)30)26(36)15-6-8-17(28)9-7-15/h2-9,12,22,31-32H,10-11,13-14H2,1H3,(H,33,35)(H,37,38)/t22-/m0/s1. The molecule has 38 heavy (non-hydrogen) atoms. The predicted octanol–water partition coefficient (Wildman–Crippen LogP) is 5.18. The molecule has 8 nitrogen and oxygen atoms in total. The third-order valence-electron chi connectivity index (χ3n) is 6.31. The van der Waals surface area contributed by atoms with E-state index in [1.807, 2.05) is 18.2 Å². The van der Waals surface area contributed by atoms with Crippen molar-refractivity contribution >= 4 is 64.0 Å². The predicted molar refractivity (Wildman–Crippen MR) is 150 cm³/mol. The number of halogens is 3. The molecule has 3 aromatic carbocycles. The molecule has 2 amide bonds. The lowest BCUT2D eigenvalue weighted by Crippen LogP contribution is -2.45. The number of para-hydroxylation sites is 2. The van der Waals surface area contributed by atoms with Gasteiger partial charge in [-0.25, -0.2) is 4.79 Å². The number of nitrogens with one attached hydrogen (secondary N) is 3. The lowest BCUT2D eigenvalue weighted by atomic mass is 9.96. The molecule has 0 aliphatic carbocycles. The average Bonchev–Trinajstić information content (AvgIpc) is 2.90. The van der Waals surface area contributed by atoms with Gasteiger partial charge in [0.05, 0.1) is 27.0 Å². The summed E-state index contributed by atoms with van der Waals surface area (Å²) < 4.78 is 0. The number of benzene rings is 3. The normalized spacial score (nSPS) is 13.3. The minimum atomic E-state index is -1.25. The summed E-state index contributed by atoms with van der Waals surface area (Å²) in [5.41, 5.74) is 3.42. The summed E-state index contributed by atoms with van der Waals surface area (Å²) in [5.74, 6) is -2.06. The van der Waals surface area contributed by atoms with Gasteiger partial charge in [0.1, 0.15) is 6.04 Å². The molecule has 0 aromatic heterocycles. The minimum absolute atomic E-state index is 0.00596. The van der Waals surface area contributed by atoms with Crippen LogP contribution in [0.5, 0.6) is 0 Å². The van der Waals surface area contributed by atoms with E-state index in [-0.39, 0.29) is 34.6 Å². The van der Waals surface area contributed by atoms with E-state index in [4.69, 9.17) is 34.8 Å². The Hall–Kier alpha value is -3.46. The number of hydrogen-bond acceptors (Lipinski definition) is 5. The number of amides is 2. The van der Waals surface area contributed by atoms with Crippen LogP contribution >= 0.6 is 34.8 Å². The number of carbonyl (C=O) groups is 3. The number of anilines is 2. The lowest BCUT2D eigenvalue weighted by molar-refractivity contribution is -0.138. The summed E-state index contributed by atoms with van der Waals surface area (Å²) in [4.78, 5) is 39.7. The number of nitrogens with zero attached hydrogens (tertiary/aromatic N) is 1. The monoisotopic (exact) mass is 574 g/mol. The highest BCUT2D eigenvalue weighted by atomic mass is 35.5. The van der Waals surface area contributed by atoms with Gasteiger partial charge < -0.3 is 26.0 Å². The molecule has 0 bridgehead atoms. The molecular weight excluding hydrogens is 551 g/mol. The summed E-state index contributed by atoms with van der Waals surface area (Å²) in [6.07, 6.45) is 0.412. The maximum Gasteiger partial charge on any atom is 0.328 e. The third-order valence-corrected chi connectivity index (χ3v) is 7.27. The van der Waals surface area contributed by atoms with Crippen molar-refractivity contribution in [3.05, 3.63) is 91.9 Å². The molecule has 0 unspecified atom stereocenters. The van der Waals surface area contributed by atoms with Crippen molar-refractivity contribution < 1.29 is 19.5 Å². The fourth-order valence-electron chi connectivity index (χ4n) is 4.31. The Kier molecular flexibility index (Phi) is 8.66. The van der Waals surface area contributed by atoms with Crippen LogP contribution in [0.15, 0.2) is 54.6 Å². The van der Waals surface area contributed by atoms with Crippen molar-refractivity contribution in [1.82, 2.24) is 10.2 Å². The molecule has 0 fully saturated rings. The smallest absolute Gasteiger partial charge is 0.328 e. The number of rotatable bonds is 8. The Morgan fingerprint density at radius 1 is 1.03 bits per heavy atom. The van der Waals surface area contributed by atoms with Crippen LogP contribution in [0.25, 0.3) is 0 Å². The summed E-state index contributed by atoms with van der Waals surface area (Å²) in [7, 11) is 1.75. The van der Waals surface area contributed by atoms with Crippen molar-refractivity contribution in [2.45, 2.75) is 19.0 Å². The van der Waals surface area contributed by atoms with Gasteiger partial charge in [-0.15, -0.1) is 0 Å². The Balaban J connectivity index is 1.50. The number of carboxylic acid groups (broad SMARTS) is 1. The van der Waals surface area contributed by atoms with Gasteiger partial charge in [-0.3, -0.25) is 9.59 Å². The molecule has 0 saturated heterocycles. The molecule has 11 heteroatoms. The molecular formula is C27H25Cl3N4O4. The molecule has 198 valence electrons. The maximum atomic E-state index is 13.1. The van der Waals surface area contributed by atoms with Crippen LogP contribution in [0, 0.1) is 0 Å². The van der Waals surface area contributed by atoms with Crippen molar-refractivity contribution in [3.63, 3.8) is 0 Å². The van der Waals surface area contributed by atoms with E-state index in [1.54, 1.807) is 48.3 Å². The molecule has 4 N–H and O–H groups in total. The second kappa shape index (κ2) is 11.9. The van der Waals surface area contributed by atoms with Gasteiger partial charge in [-0.1, -0.05) is 46.9 Å². The average molecular weight is 576 g/mol. The molecule has 3 aromatic rings. The molecule has 4 rings (SSSR count). The fourth-order valence-corrected chi connectivity index (χ4v) is 5.20. The van der Waals surface area contributed by atoms with Gasteiger partial charge in [0, 0.05) is 37.3 Å². The number of carboxylic acids is 1. The Labute approximate surface area is 234 Å². The van der Waals surface area contributed by atoms with Crippen molar-refractivity contribution in [3.8, 4) is 0 Å². The van der Waals surface area contributed by atoms with Crippen LogP contribution in [0.3, 0.4) is 0 Å². The molecule has 1 aliphatic heterocycles. The van der Waals surface area contributed by atoms with E-state index in [2.05, 4.69) is 16.0 Å². The van der Waals surface area contributed by atoms with Gasteiger partial charge in [0.25, 0.3) is 11.8 Å². The second-order valence-corrected chi connectivity index (χ2v) is 9.93. The van der Waals surface area contributed by atoms with Gasteiger partial charge in [0.15, 0.2) is 0 Å². The van der Waals surface area contributed by atoms with E-state index in [9.17, 15) is 19.5 Å².